The van der Waals surface area contributed by atoms with Crippen molar-refractivity contribution < 1.29 is 23.6 Å². The Balaban J connectivity index is 3.11. The summed E-state index contributed by atoms with van der Waals surface area (Å²) < 4.78 is 24.8. The molecule has 1 aromatic rings. The standard InChI is InChI=1S/C11H13F2N3O4/c12-9(13)6-15(4-5-17)11(18)7-2-1-3-8(10(7)14)16(19)20/h1-3,9,17H,4-6,14H2. The van der Waals surface area contributed by atoms with E-state index in [0.717, 1.165) is 6.07 Å². The number of aliphatic hydroxyl groups excluding tert-OH is 1. The normalized spacial score (nSPS) is 10.6. The minimum atomic E-state index is -2.79. The van der Waals surface area contributed by atoms with E-state index < -0.39 is 36.1 Å². The Kier molecular flexibility index (Phi) is 5.32. The summed E-state index contributed by atoms with van der Waals surface area (Å²) in [6.07, 6.45) is -2.79. The molecule has 20 heavy (non-hydrogen) atoms. The third-order valence-corrected chi connectivity index (χ3v) is 2.53. The van der Waals surface area contributed by atoms with E-state index in [9.17, 15) is 23.7 Å². The van der Waals surface area contributed by atoms with Crippen molar-refractivity contribution in [3.8, 4) is 0 Å². The molecule has 3 N–H and O–H groups in total. The molecule has 0 bridgehead atoms. The third kappa shape index (κ3) is 3.60. The van der Waals surface area contributed by atoms with Gasteiger partial charge in [-0.25, -0.2) is 8.78 Å². The van der Waals surface area contributed by atoms with E-state index >= 15 is 0 Å². The molecular weight excluding hydrogens is 276 g/mol. The zero-order chi connectivity index (χ0) is 15.3. The average molecular weight is 289 g/mol. The fourth-order valence-corrected chi connectivity index (χ4v) is 1.63. The third-order valence-electron chi connectivity index (χ3n) is 2.53. The van der Waals surface area contributed by atoms with Gasteiger partial charge in [-0.15, -0.1) is 0 Å². The lowest BCUT2D eigenvalue weighted by molar-refractivity contribution is -0.383. The number of nitrogens with two attached hydrogens (primary N) is 1. The number of nitrogens with zero attached hydrogens (tertiary/aromatic N) is 2. The number of hydrogen-bond donors (Lipinski definition) is 2. The molecule has 0 aliphatic carbocycles. The number of aliphatic hydroxyl groups is 1. The Morgan fingerprint density at radius 1 is 1.50 bits per heavy atom. The summed E-state index contributed by atoms with van der Waals surface area (Å²) in [6, 6.07) is 3.55. The van der Waals surface area contributed by atoms with Gasteiger partial charge >= 0.3 is 0 Å². The van der Waals surface area contributed by atoms with Gasteiger partial charge in [-0.1, -0.05) is 6.07 Å². The number of carbonyl (C=O) groups excluding carboxylic acids is 1. The first-order chi connectivity index (χ1) is 9.38. The van der Waals surface area contributed by atoms with Crippen molar-refractivity contribution in [3.05, 3.63) is 33.9 Å². The Hall–Kier alpha value is -2.29. The summed E-state index contributed by atoms with van der Waals surface area (Å²) >= 11 is 0. The highest BCUT2D eigenvalue weighted by Gasteiger charge is 2.24. The highest BCUT2D eigenvalue weighted by molar-refractivity contribution is 6.01. The van der Waals surface area contributed by atoms with E-state index in [-0.39, 0.29) is 17.8 Å². The van der Waals surface area contributed by atoms with E-state index in [4.69, 9.17) is 10.8 Å². The van der Waals surface area contributed by atoms with E-state index in [1.54, 1.807) is 0 Å². The maximum Gasteiger partial charge on any atom is 0.292 e. The Morgan fingerprint density at radius 3 is 2.65 bits per heavy atom. The molecular formula is C11H13F2N3O4. The van der Waals surface area contributed by atoms with Crippen LogP contribution in [0.5, 0.6) is 0 Å². The van der Waals surface area contributed by atoms with Crippen LogP contribution in [0.3, 0.4) is 0 Å². The van der Waals surface area contributed by atoms with E-state index in [1.807, 2.05) is 0 Å². The van der Waals surface area contributed by atoms with Crippen molar-refractivity contribution in [2.24, 2.45) is 0 Å². The Labute approximate surface area is 112 Å². The number of halogens is 2. The second-order valence-electron chi connectivity index (χ2n) is 3.86. The molecule has 0 aliphatic heterocycles. The van der Waals surface area contributed by atoms with Crippen LogP contribution in [0.2, 0.25) is 0 Å². The van der Waals surface area contributed by atoms with Gasteiger partial charge < -0.3 is 15.7 Å². The Bertz CT molecular complexity index is 510. The summed E-state index contributed by atoms with van der Waals surface area (Å²) in [4.78, 5) is 22.7. The van der Waals surface area contributed by atoms with Crippen LogP contribution in [-0.4, -0.2) is 47.0 Å². The first-order valence-corrected chi connectivity index (χ1v) is 5.59. The molecule has 0 atom stereocenters. The fourth-order valence-electron chi connectivity index (χ4n) is 1.63. The molecule has 1 rings (SSSR count). The molecule has 0 radical (unpaired) electrons. The number of hydrogen-bond acceptors (Lipinski definition) is 5. The number of nitrogen functional groups attached to an aromatic ring is 1. The van der Waals surface area contributed by atoms with E-state index in [2.05, 4.69) is 0 Å². The topological polar surface area (TPSA) is 110 Å². The number of nitro groups is 1. The number of anilines is 1. The Morgan fingerprint density at radius 2 is 2.15 bits per heavy atom. The van der Waals surface area contributed by atoms with Gasteiger partial charge in [-0.3, -0.25) is 14.9 Å². The maximum absolute atomic E-state index is 12.4. The minimum Gasteiger partial charge on any atom is -0.395 e. The van der Waals surface area contributed by atoms with Crippen LogP contribution >= 0.6 is 0 Å². The molecule has 0 unspecified atom stereocenters. The zero-order valence-corrected chi connectivity index (χ0v) is 10.3. The minimum absolute atomic E-state index is 0.242. The SMILES string of the molecule is Nc1c(C(=O)N(CCO)CC(F)F)cccc1[N+](=O)[O-]. The molecule has 1 aromatic carbocycles. The first kappa shape index (κ1) is 15.8. The molecule has 110 valence electrons. The van der Waals surface area contributed by atoms with E-state index in [0.29, 0.717) is 4.90 Å². The second kappa shape index (κ2) is 6.75. The molecule has 0 heterocycles. The molecule has 0 saturated carbocycles. The lowest BCUT2D eigenvalue weighted by Gasteiger charge is -2.21. The van der Waals surface area contributed by atoms with Crippen molar-refractivity contribution in [2.75, 3.05) is 25.4 Å². The lowest BCUT2D eigenvalue weighted by atomic mass is 10.1. The number of rotatable bonds is 6. The summed E-state index contributed by atoms with van der Waals surface area (Å²) in [5.74, 6) is -0.888. The molecule has 0 aliphatic rings. The zero-order valence-electron chi connectivity index (χ0n) is 10.3. The van der Waals surface area contributed by atoms with Gasteiger partial charge in [-0.05, 0) is 6.07 Å². The van der Waals surface area contributed by atoms with E-state index in [1.165, 1.54) is 12.1 Å². The van der Waals surface area contributed by atoms with Gasteiger partial charge in [0.2, 0.25) is 0 Å². The van der Waals surface area contributed by atoms with Crippen LogP contribution in [0.1, 0.15) is 10.4 Å². The van der Waals surface area contributed by atoms with Crippen LogP contribution in [0.15, 0.2) is 18.2 Å². The predicted octanol–water partition coefficient (Wildman–Crippen LogP) is 0.877. The van der Waals surface area contributed by atoms with Crippen molar-refractivity contribution in [1.29, 1.82) is 0 Å². The predicted molar refractivity (Wildman–Crippen MR) is 66.5 cm³/mol. The van der Waals surface area contributed by atoms with Crippen LogP contribution < -0.4 is 5.73 Å². The summed E-state index contributed by atoms with van der Waals surface area (Å²) in [7, 11) is 0. The van der Waals surface area contributed by atoms with Crippen LogP contribution in [0, 0.1) is 10.1 Å². The molecule has 9 heteroatoms. The van der Waals surface area contributed by atoms with Crippen molar-refractivity contribution in [3.63, 3.8) is 0 Å². The van der Waals surface area contributed by atoms with Gasteiger partial charge in [0, 0.05) is 12.6 Å². The monoisotopic (exact) mass is 289 g/mol. The van der Waals surface area contributed by atoms with Gasteiger partial charge in [0.15, 0.2) is 0 Å². The summed E-state index contributed by atoms with van der Waals surface area (Å²) in [6.45, 7) is -1.71. The quantitative estimate of drug-likeness (QED) is 0.459. The molecule has 0 aromatic heterocycles. The number of nitro benzene ring substituents is 1. The lowest BCUT2D eigenvalue weighted by Crippen LogP contribution is -2.37. The average Bonchev–Trinajstić information content (AvgIpc) is 2.37. The van der Waals surface area contributed by atoms with Gasteiger partial charge in [0.1, 0.15) is 5.69 Å². The highest BCUT2D eigenvalue weighted by atomic mass is 19.3. The molecule has 0 saturated heterocycles. The molecule has 0 fully saturated rings. The van der Waals surface area contributed by atoms with Crippen molar-refractivity contribution in [2.45, 2.75) is 6.43 Å². The molecule has 1 amide bonds. The number of amides is 1. The maximum atomic E-state index is 12.4. The number of para-hydroxylation sites is 1. The fraction of sp³-hybridized carbons (Fsp3) is 0.364. The second-order valence-corrected chi connectivity index (χ2v) is 3.86. The summed E-state index contributed by atoms with van der Waals surface area (Å²) in [5, 5.41) is 19.5. The number of benzene rings is 1. The highest BCUT2D eigenvalue weighted by Crippen LogP contribution is 2.26. The number of carbonyl (C=O) groups is 1. The van der Waals surface area contributed by atoms with Gasteiger partial charge in [0.25, 0.3) is 18.0 Å². The summed E-state index contributed by atoms with van der Waals surface area (Å²) in [5.41, 5.74) is 4.40. The molecule has 0 spiro atoms. The van der Waals surface area contributed by atoms with Gasteiger partial charge in [0.05, 0.1) is 23.6 Å². The first-order valence-electron chi connectivity index (χ1n) is 5.59. The van der Waals surface area contributed by atoms with Crippen LogP contribution in [-0.2, 0) is 0 Å². The van der Waals surface area contributed by atoms with Gasteiger partial charge in [-0.2, -0.15) is 0 Å². The van der Waals surface area contributed by atoms with Crippen molar-refractivity contribution in [1.82, 2.24) is 4.90 Å². The number of alkyl halides is 2. The molecule has 7 nitrogen and oxygen atoms in total. The van der Waals surface area contributed by atoms with Crippen molar-refractivity contribution >= 4 is 17.3 Å². The van der Waals surface area contributed by atoms with Crippen LogP contribution in [0.4, 0.5) is 20.2 Å². The van der Waals surface area contributed by atoms with Crippen LogP contribution in [0.25, 0.3) is 0 Å². The largest absolute Gasteiger partial charge is 0.395 e. The smallest absolute Gasteiger partial charge is 0.292 e.